The molecular formula is C14H26N2O. The van der Waals surface area contributed by atoms with Crippen molar-refractivity contribution in [2.45, 2.75) is 51.9 Å². The van der Waals surface area contributed by atoms with Gasteiger partial charge in [-0.25, -0.2) is 0 Å². The highest BCUT2D eigenvalue weighted by Gasteiger charge is 2.48. The molecule has 0 spiro atoms. The fraction of sp³-hybridized carbons (Fsp3) is 0.929. The predicted molar refractivity (Wildman–Crippen MR) is 69.5 cm³/mol. The van der Waals surface area contributed by atoms with Crippen molar-refractivity contribution in [2.24, 2.45) is 23.0 Å². The summed E-state index contributed by atoms with van der Waals surface area (Å²) in [5.41, 5.74) is 5.47. The van der Waals surface area contributed by atoms with E-state index in [0.717, 1.165) is 25.3 Å². The highest BCUT2D eigenvalue weighted by atomic mass is 16.2. The lowest BCUT2D eigenvalue weighted by Gasteiger charge is -2.28. The zero-order valence-corrected chi connectivity index (χ0v) is 11.0. The topological polar surface area (TPSA) is 55.1 Å². The van der Waals surface area contributed by atoms with Crippen LogP contribution in [0.3, 0.4) is 0 Å². The molecule has 0 radical (unpaired) electrons. The van der Waals surface area contributed by atoms with Gasteiger partial charge < -0.3 is 11.1 Å². The first-order valence-electron chi connectivity index (χ1n) is 7.18. The molecule has 0 aromatic heterocycles. The van der Waals surface area contributed by atoms with Crippen molar-refractivity contribution >= 4 is 5.91 Å². The van der Waals surface area contributed by atoms with Gasteiger partial charge in [-0.15, -0.1) is 0 Å². The van der Waals surface area contributed by atoms with E-state index < -0.39 is 0 Å². The molecule has 17 heavy (non-hydrogen) atoms. The van der Waals surface area contributed by atoms with E-state index in [4.69, 9.17) is 5.73 Å². The summed E-state index contributed by atoms with van der Waals surface area (Å²) < 4.78 is 0. The van der Waals surface area contributed by atoms with Crippen molar-refractivity contribution in [3.8, 4) is 0 Å². The number of hydrogen-bond acceptors (Lipinski definition) is 2. The summed E-state index contributed by atoms with van der Waals surface area (Å²) in [6.45, 7) is 3.67. The molecule has 2 aliphatic carbocycles. The second kappa shape index (κ2) is 5.38. The van der Waals surface area contributed by atoms with Gasteiger partial charge >= 0.3 is 0 Å². The van der Waals surface area contributed by atoms with Crippen LogP contribution in [0.25, 0.3) is 0 Å². The van der Waals surface area contributed by atoms with Crippen LogP contribution in [-0.2, 0) is 4.79 Å². The maximum atomic E-state index is 11.9. The van der Waals surface area contributed by atoms with Crippen LogP contribution < -0.4 is 11.1 Å². The third-order valence-corrected chi connectivity index (χ3v) is 4.82. The van der Waals surface area contributed by atoms with E-state index in [2.05, 4.69) is 12.2 Å². The van der Waals surface area contributed by atoms with Crippen LogP contribution >= 0.6 is 0 Å². The fourth-order valence-electron chi connectivity index (χ4n) is 2.94. The Bertz CT molecular complexity index is 265. The number of nitrogens with one attached hydrogen (secondary N) is 1. The number of rotatable bonds is 5. The molecule has 0 unspecified atom stereocenters. The standard InChI is InChI=1S/C14H26N2O/c1-2-11-3-5-12(6-4-11)9-16-13(17)14(10-15)7-8-14/h11-12H,2-10,15H2,1H3,(H,16,17). The molecule has 1 amide bonds. The highest BCUT2D eigenvalue weighted by Crippen LogP contribution is 2.44. The van der Waals surface area contributed by atoms with E-state index in [0.29, 0.717) is 12.5 Å². The minimum atomic E-state index is -0.180. The van der Waals surface area contributed by atoms with Gasteiger partial charge in [-0.05, 0) is 37.5 Å². The van der Waals surface area contributed by atoms with Gasteiger partial charge in [0.15, 0.2) is 0 Å². The summed E-state index contributed by atoms with van der Waals surface area (Å²) in [5.74, 6) is 1.84. The molecule has 0 aliphatic heterocycles. The molecular weight excluding hydrogens is 212 g/mol. The van der Waals surface area contributed by atoms with Crippen LogP contribution in [0.2, 0.25) is 0 Å². The van der Waals surface area contributed by atoms with Crippen LogP contribution in [0.15, 0.2) is 0 Å². The Balaban J connectivity index is 1.67. The van der Waals surface area contributed by atoms with Gasteiger partial charge in [0, 0.05) is 13.1 Å². The van der Waals surface area contributed by atoms with Gasteiger partial charge in [-0.3, -0.25) is 4.79 Å². The number of carbonyl (C=O) groups is 1. The molecule has 0 bridgehead atoms. The molecule has 98 valence electrons. The van der Waals surface area contributed by atoms with E-state index in [1.165, 1.54) is 32.1 Å². The molecule has 3 nitrogen and oxygen atoms in total. The third-order valence-electron chi connectivity index (χ3n) is 4.82. The van der Waals surface area contributed by atoms with Crippen molar-refractivity contribution in [3.05, 3.63) is 0 Å². The minimum absolute atomic E-state index is 0.180. The summed E-state index contributed by atoms with van der Waals surface area (Å²) in [6, 6.07) is 0. The molecule has 3 N–H and O–H groups in total. The SMILES string of the molecule is CCC1CCC(CNC(=O)C2(CN)CC2)CC1. The van der Waals surface area contributed by atoms with Crippen molar-refractivity contribution in [1.82, 2.24) is 5.32 Å². The number of amides is 1. The highest BCUT2D eigenvalue weighted by molar-refractivity contribution is 5.85. The molecule has 2 saturated carbocycles. The average Bonchev–Trinajstić information content (AvgIpc) is 3.17. The lowest BCUT2D eigenvalue weighted by Crippen LogP contribution is -2.39. The van der Waals surface area contributed by atoms with E-state index in [1.54, 1.807) is 0 Å². The Morgan fingerprint density at radius 3 is 2.29 bits per heavy atom. The van der Waals surface area contributed by atoms with Crippen LogP contribution in [0.1, 0.15) is 51.9 Å². The van der Waals surface area contributed by atoms with Crippen molar-refractivity contribution in [3.63, 3.8) is 0 Å². The molecule has 0 atom stereocenters. The smallest absolute Gasteiger partial charge is 0.227 e. The van der Waals surface area contributed by atoms with Gasteiger partial charge in [0.25, 0.3) is 0 Å². The van der Waals surface area contributed by atoms with E-state index in [9.17, 15) is 4.79 Å². The molecule has 2 aliphatic rings. The Hall–Kier alpha value is -0.570. The zero-order valence-electron chi connectivity index (χ0n) is 11.0. The Morgan fingerprint density at radius 1 is 1.24 bits per heavy atom. The lowest BCUT2D eigenvalue weighted by molar-refractivity contribution is -0.126. The van der Waals surface area contributed by atoms with Crippen molar-refractivity contribution in [2.75, 3.05) is 13.1 Å². The van der Waals surface area contributed by atoms with Gasteiger partial charge in [-0.1, -0.05) is 26.2 Å². The van der Waals surface area contributed by atoms with Gasteiger partial charge in [0.05, 0.1) is 5.41 Å². The first kappa shape index (κ1) is 12.9. The van der Waals surface area contributed by atoms with Crippen LogP contribution in [-0.4, -0.2) is 19.0 Å². The van der Waals surface area contributed by atoms with Gasteiger partial charge in [0.2, 0.25) is 5.91 Å². The van der Waals surface area contributed by atoms with E-state index in [-0.39, 0.29) is 11.3 Å². The monoisotopic (exact) mass is 238 g/mol. The molecule has 0 heterocycles. The number of carbonyl (C=O) groups excluding carboxylic acids is 1. The predicted octanol–water partition coefficient (Wildman–Crippen LogP) is 2.06. The molecule has 2 fully saturated rings. The Labute approximate surface area is 105 Å². The maximum absolute atomic E-state index is 11.9. The number of hydrogen-bond donors (Lipinski definition) is 2. The third kappa shape index (κ3) is 3.01. The Kier molecular flexibility index (Phi) is 4.08. The second-order valence-electron chi connectivity index (χ2n) is 5.99. The largest absolute Gasteiger partial charge is 0.355 e. The summed E-state index contributed by atoms with van der Waals surface area (Å²) in [4.78, 5) is 11.9. The zero-order chi connectivity index (χ0) is 12.3. The quantitative estimate of drug-likeness (QED) is 0.770. The fourth-order valence-corrected chi connectivity index (χ4v) is 2.94. The molecule has 0 aromatic carbocycles. The summed E-state index contributed by atoms with van der Waals surface area (Å²) >= 11 is 0. The molecule has 0 aromatic rings. The first-order chi connectivity index (χ1) is 8.20. The maximum Gasteiger partial charge on any atom is 0.227 e. The average molecular weight is 238 g/mol. The van der Waals surface area contributed by atoms with E-state index in [1.807, 2.05) is 0 Å². The van der Waals surface area contributed by atoms with Gasteiger partial charge in [0.1, 0.15) is 0 Å². The van der Waals surface area contributed by atoms with E-state index >= 15 is 0 Å². The van der Waals surface area contributed by atoms with Crippen LogP contribution in [0.4, 0.5) is 0 Å². The van der Waals surface area contributed by atoms with Crippen molar-refractivity contribution < 1.29 is 4.79 Å². The van der Waals surface area contributed by atoms with Crippen molar-refractivity contribution in [1.29, 1.82) is 0 Å². The van der Waals surface area contributed by atoms with Gasteiger partial charge in [-0.2, -0.15) is 0 Å². The normalized spacial score (nSPS) is 30.9. The first-order valence-corrected chi connectivity index (χ1v) is 7.18. The summed E-state index contributed by atoms with van der Waals surface area (Å²) in [7, 11) is 0. The lowest BCUT2D eigenvalue weighted by atomic mass is 9.81. The molecule has 3 heteroatoms. The molecule has 2 rings (SSSR count). The molecule has 0 saturated heterocycles. The second-order valence-corrected chi connectivity index (χ2v) is 5.99. The van der Waals surface area contributed by atoms with Crippen LogP contribution in [0, 0.1) is 17.3 Å². The summed E-state index contributed by atoms with van der Waals surface area (Å²) in [6.07, 6.45) is 8.55. The minimum Gasteiger partial charge on any atom is -0.355 e. The number of nitrogens with two attached hydrogens (primary N) is 1. The summed E-state index contributed by atoms with van der Waals surface area (Å²) in [5, 5.41) is 3.12. The Morgan fingerprint density at radius 2 is 1.82 bits per heavy atom. The van der Waals surface area contributed by atoms with Crippen LogP contribution in [0.5, 0.6) is 0 Å².